The molecule has 0 amide bonds. The molecule has 0 fully saturated rings. The Morgan fingerprint density at radius 3 is 1.48 bits per heavy atom. The van der Waals surface area contributed by atoms with Gasteiger partial charge in [0.15, 0.2) is 0 Å². The zero-order valence-electron chi connectivity index (χ0n) is 14.6. The third-order valence-electron chi connectivity index (χ3n) is 5.33. The Hall–Kier alpha value is -2.86. The molecule has 0 atom stereocenters. The summed E-state index contributed by atoms with van der Waals surface area (Å²) >= 11 is 0. The minimum absolute atomic E-state index is 1.08. The molecule has 5 aromatic rings. The molecule has 120 valence electrons. The first kappa shape index (κ1) is 14.5. The second-order valence-corrected chi connectivity index (χ2v) is 7.14. The molecule has 0 aliphatic carbocycles. The molecular formula is C25H20. The highest BCUT2D eigenvalue weighted by atomic mass is 14.1. The molecule has 0 aliphatic rings. The van der Waals surface area contributed by atoms with Crippen molar-refractivity contribution in [1.29, 1.82) is 0 Å². The zero-order chi connectivity index (χ0) is 17.0. The third kappa shape index (κ3) is 2.37. The van der Waals surface area contributed by atoms with E-state index in [2.05, 4.69) is 86.6 Å². The minimum atomic E-state index is 1.08. The van der Waals surface area contributed by atoms with Crippen LogP contribution < -0.4 is 0 Å². The first-order chi connectivity index (χ1) is 12.2. The van der Waals surface area contributed by atoms with Crippen molar-refractivity contribution in [2.75, 3.05) is 0 Å². The maximum atomic E-state index is 2.34. The molecule has 0 heterocycles. The van der Waals surface area contributed by atoms with Crippen LogP contribution in [0.15, 0.2) is 72.8 Å². The second kappa shape index (κ2) is 5.32. The smallest absolute Gasteiger partial charge is 0.0171 e. The lowest BCUT2D eigenvalue weighted by atomic mass is 9.96. The fourth-order valence-corrected chi connectivity index (χ4v) is 3.89. The Balaban J connectivity index is 1.84. The summed E-state index contributed by atoms with van der Waals surface area (Å²) < 4.78 is 0. The van der Waals surface area contributed by atoms with E-state index >= 15 is 0 Å². The average Bonchev–Trinajstić information content (AvgIpc) is 2.62. The molecule has 5 aromatic carbocycles. The van der Waals surface area contributed by atoms with Crippen molar-refractivity contribution in [2.24, 2.45) is 0 Å². The first-order valence-corrected chi connectivity index (χ1v) is 9.00. The number of benzene rings is 5. The van der Waals surface area contributed by atoms with Crippen molar-refractivity contribution < 1.29 is 0 Å². The topological polar surface area (TPSA) is 0 Å². The monoisotopic (exact) mass is 320 g/mol. The van der Waals surface area contributed by atoms with Gasteiger partial charge in [0.1, 0.15) is 0 Å². The van der Waals surface area contributed by atoms with E-state index in [0.29, 0.717) is 0 Å². The molecule has 0 aliphatic heterocycles. The normalized spacial score (nSPS) is 11.8. The molecule has 0 saturated heterocycles. The van der Waals surface area contributed by atoms with E-state index in [-0.39, 0.29) is 0 Å². The Morgan fingerprint density at radius 2 is 0.920 bits per heavy atom. The molecule has 5 rings (SSSR count). The summed E-state index contributed by atoms with van der Waals surface area (Å²) in [5.74, 6) is 0. The third-order valence-corrected chi connectivity index (χ3v) is 5.33. The molecular weight excluding hydrogens is 300 g/mol. The van der Waals surface area contributed by atoms with Gasteiger partial charge in [-0.15, -0.1) is 0 Å². The largest absolute Gasteiger partial charge is 0.0613 e. The lowest BCUT2D eigenvalue weighted by Gasteiger charge is -2.08. The van der Waals surface area contributed by atoms with Crippen molar-refractivity contribution in [2.45, 2.75) is 20.3 Å². The van der Waals surface area contributed by atoms with Crippen molar-refractivity contribution >= 4 is 43.1 Å². The van der Waals surface area contributed by atoms with Crippen LogP contribution in [0.5, 0.6) is 0 Å². The van der Waals surface area contributed by atoms with Gasteiger partial charge in [-0.3, -0.25) is 0 Å². The first-order valence-electron chi connectivity index (χ1n) is 9.00. The molecule has 0 radical (unpaired) electrons. The molecule has 0 aromatic heterocycles. The Labute approximate surface area is 147 Å². The molecule has 0 spiro atoms. The highest BCUT2D eigenvalue weighted by molar-refractivity contribution is 6.08. The second-order valence-electron chi connectivity index (χ2n) is 7.14. The highest BCUT2D eigenvalue weighted by Crippen LogP contribution is 2.30. The van der Waals surface area contributed by atoms with Crippen LogP contribution in [0.4, 0.5) is 0 Å². The lowest BCUT2D eigenvalue weighted by molar-refractivity contribution is 1.15. The van der Waals surface area contributed by atoms with Crippen LogP contribution in [0.1, 0.15) is 18.1 Å². The molecule has 0 heteroatoms. The quantitative estimate of drug-likeness (QED) is 0.287. The summed E-state index contributed by atoms with van der Waals surface area (Å²) in [6.45, 7) is 4.37. The van der Waals surface area contributed by atoms with E-state index in [1.807, 2.05) is 0 Å². The van der Waals surface area contributed by atoms with Gasteiger partial charge < -0.3 is 0 Å². The molecule has 0 N–H and O–H groups in total. The van der Waals surface area contributed by atoms with Crippen molar-refractivity contribution in [3.63, 3.8) is 0 Å². The number of hydrogen-bond acceptors (Lipinski definition) is 0. The van der Waals surface area contributed by atoms with Crippen LogP contribution in [0.25, 0.3) is 43.1 Å². The Bertz CT molecular complexity index is 1280. The average molecular weight is 320 g/mol. The molecule has 25 heavy (non-hydrogen) atoms. The van der Waals surface area contributed by atoms with E-state index in [4.69, 9.17) is 0 Å². The number of fused-ring (bicyclic) bond motifs is 4. The van der Waals surface area contributed by atoms with E-state index in [9.17, 15) is 0 Å². The van der Waals surface area contributed by atoms with Gasteiger partial charge in [-0.2, -0.15) is 0 Å². The fraction of sp³-hybridized carbons (Fsp3) is 0.120. The van der Waals surface area contributed by atoms with Crippen LogP contribution in [0.2, 0.25) is 0 Å². The number of aryl methyl sites for hydroxylation is 2. The van der Waals surface area contributed by atoms with E-state index < -0.39 is 0 Å². The SMILES string of the molecule is CCc1ccc2cc3cc4cc5ccc(C)cc5cc4cc3cc2c1. The predicted molar refractivity (Wildman–Crippen MR) is 111 cm³/mol. The maximum absolute atomic E-state index is 2.34. The van der Waals surface area contributed by atoms with E-state index in [1.54, 1.807) is 0 Å². The van der Waals surface area contributed by atoms with Gasteiger partial charge in [0.05, 0.1) is 0 Å². The van der Waals surface area contributed by atoms with Gasteiger partial charge in [-0.05, 0) is 98.4 Å². The lowest BCUT2D eigenvalue weighted by Crippen LogP contribution is -1.83. The fourth-order valence-electron chi connectivity index (χ4n) is 3.89. The Morgan fingerprint density at radius 1 is 0.480 bits per heavy atom. The van der Waals surface area contributed by atoms with Gasteiger partial charge >= 0.3 is 0 Å². The molecule has 0 saturated carbocycles. The summed E-state index contributed by atoms with van der Waals surface area (Å²) in [7, 11) is 0. The van der Waals surface area contributed by atoms with Crippen molar-refractivity contribution in [1.82, 2.24) is 0 Å². The van der Waals surface area contributed by atoms with Gasteiger partial charge in [0, 0.05) is 0 Å². The predicted octanol–water partition coefficient (Wildman–Crippen LogP) is 7.17. The summed E-state index contributed by atoms with van der Waals surface area (Å²) in [5, 5.41) is 10.6. The van der Waals surface area contributed by atoms with Crippen LogP contribution in [0, 0.1) is 6.92 Å². The number of hydrogen-bond donors (Lipinski definition) is 0. The van der Waals surface area contributed by atoms with Crippen LogP contribution in [-0.4, -0.2) is 0 Å². The van der Waals surface area contributed by atoms with Gasteiger partial charge in [-0.25, -0.2) is 0 Å². The van der Waals surface area contributed by atoms with Crippen LogP contribution in [0.3, 0.4) is 0 Å². The molecule has 0 nitrogen and oxygen atoms in total. The van der Waals surface area contributed by atoms with Crippen LogP contribution in [-0.2, 0) is 6.42 Å². The standard InChI is InChI=1S/C25H20/c1-3-17-5-7-19-11-23-14-22-10-18-6-4-16(2)8-20(18)12-24(22)15-25(23)13-21(19)9-17/h4-15H,3H2,1-2H3. The molecule has 0 bridgehead atoms. The van der Waals surface area contributed by atoms with Gasteiger partial charge in [0.25, 0.3) is 0 Å². The van der Waals surface area contributed by atoms with Crippen LogP contribution >= 0.6 is 0 Å². The van der Waals surface area contributed by atoms with E-state index in [0.717, 1.165) is 6.42 Å². The van der Waals surface area contributed by atoms with Gasteiger partial charge in [-0.1, -0.05) is 48.9 Å². The summed E-state index contributed by atoms with van der Waals surface area (Å²) in [6.07, 6.45) is 1.08. The van der Waals surface area contributed by atoms with Crippen molar-refractivity contribution in [3.8, 4) is 0 Å². The van der Waals surface area contributed by atoms with E-state index in [1.165, 1.54) is 54.2 Å². The number of rotatable bonds is 1. The summed E-state index contributed by atoms with van der Waals surface area (Å²) in [4.78, 5) is 0. The summed E-state index contributed by atoms with van der Waals surface area (Å²) in [6, 6.07) is 27.5. The molecule has 0 unspecified atom stereocenters. The van der Waals surface area contributed by atoms with Crippen molar-refractivity contribution in [3.05, 3.63) is 83.9 Å². The highest BCUT2D eigenvalue weighted by Gasteiger charge is 2.04. The minimum Gasteiger partial charge on any atom is -0.0613 e. The maximum Gasteiger partial charge on any atom is -0.0171 e. The Kier molecular flexibility index (Phi) is 3.08. The summed E-state index contributed by atoms with van der Waals surface area (Å²) in [5.41, 5.74) is 2.71. The zero-order valence-corrected chi connectivity index (χ0v) is 14.6. The van der Waals surface area contributed by atoms with Gasteiger partial charge in [0.2, 0.25) is 0 Å².